The Labute approximate surface area is 118 Å². The number of nitrogens with one attached hydrogen (secondary N) is 1. The highest BCUT2D eigenvalue weighted by Crippen LogP contribution is 2.19. The average molecular weight is 269 g/mol. The number of rotatable bonds is 4. The van der Waals surface area contributed by atoms with Crippen LogP contribution in [-0.4, -0.2) is 10.4 Å². The van der Waals surface area contributed by atoms with Gasteiger partial charge in [0.05, 0.1) is 11.3 Å². The molecule has 0 spiro atoms. The van der Waals surface area contributed by atoms with Crippen LogP contribution in [0.15, 0.2) is 41.2 Å². The van der Waals surface area contributed by atoms with Crippen molar-refractivity contribution in [3.63, 3.8) is 0 Å². The van der Waals surface area contributed by atoms with Crippen LogP contribution in [-0.2, 0) is 6.54 Å². The Morgan fingerprint density at radius 2 is 1.85 bits per heavy atom. The fraction of sp³-hybridized carbons (Fsp3) is 0.250. The van der Waals surface area contributed by atoms with Crippen molar-refractivity contribution < 1.29 is 0 Å². The lowest BCUT2D eigenvalue weighted by molar-refractivity contribution is 0.660. The monoisotopic (exact) mass is 269 g/mol. The molecule has 4 heteroatoms. The van der Waals surface area contributed by atoms with Gasteiger partial charge < -0.3 is 10.3 Å². The van der Waals surface area contributed by atoms with Crippen LogP contribution in [0.4, 0.5) is 0 Å². The minimum atomic E-state index is -0.197. The highest BCUT2D eigenvalue weighted by atomic mass is 16.1. The number of nitrogen functional groups attached to an aromatic ring is 1. The maximum Gasteiger partial charge on any atom is 0.262 e. The average Bonchev–Trinajstić information content (AvgIpc) is 2.42. The normalized spacial score (nSPS) is 10.5. The first kappa shape index (κ1) is 14.1. The van der Waals surface area contributed by atoms with Crippen LogP contribution in [0.3, 0.4) is 0 Å². The Hall–Kier alpha value is -2.36. The van der Waals surface area contributed by atoms with E-state index in [0.717, 1.165) is 17.7 Å². The predicted molar refractivity (Wildman–Crippen MR) is 82.2 cm³/mol. The SMILES string of the molecule is CCCn1c(-c2ccc(C)cc2)ccc(C(=N)N)c1=O. The molecule has 1 aromatic heterocycles. The third kappa shape index (κ3) is 2.64. The molecule has 1 aromatic carbocycles. The molecule has 0 aliphatic rings. The van der Waals surface area contributed by atoms with Crippen molar-refractivity contribution in [1.82, 2.24) is 4.57 Å². The lowest BCUT2D eigenvalue weighted by Gasteiger charge is -2.14. The Kier molecular flexibility index (Phi) is 4.03. The summed E-state index contributed by atoms with van der Waals surface area (Å²) in [5.74, 6) is -0.185. The first-order valence-corrected chi connectivity index (χ1v) is 6.70. The molecule has 0 unspecified atom stereocenters. The molecule has 0 saturated heterocycles. The number of aryl methyl sites for hydroxylation is 1. The van der Waals surface area contributed by atoms with Crippen molar-refractivity contribution in [3.8, 4) is 11.3 Å². The molecular formula is C16H19N3O. The van der Waals surface area contributed by atoms with Gasteiger partial charge in [-0.05, 0) is 31.0 Å². The Balaban J connectivity index is 2.64. The van der Waals surface area contributed by atoms with Crippen LogP contribution in [0.25, 0.3) is 11.3 Å². The number of amidine groups is 1. The van der Waals surface area contributed by atoms with Gasteiger partial charge in [0, 0.05) is 6.54 Å². The number of benzene rings is 1. The van der Waals surface area contributed by atoms with Gasteiger partial charge in [0.25, 0.3) is 5.56 Å². The van der Waals surface area contributed by atoms with Gasteiger partial charge in [-0.1, -0.05) is 36.8 Å². The van der Waals surface area contributed by atoms with Crippen LogP contribution in [0.1, 0.15) is 24.5 Å². The predicted octanol–water partition coefficient (Wildman–Crippen LogP) is 2.52. The molecule has 0 radical (unpaired) electrons. The quantitative estimate of drug-likeness (QED) is 0.661. The van der Waals surface area contributed by atoms with Crippen LogP contribution < -0.4 is 11.3 Å². The summed E-state index contributed by atoms with van der Waals surface area (Å²) in [6.07, 6.45) is 0.847. The van der Waals surface area contributed by atoms with Crippen molar-refractivity contribution in [3.05, 3.63) is 57.9 Å². The highest BCUT2D eigenvalue weighted by molar-refractivity contribution is 5.94. The molecule has 0 aliphatic carbocycles. The zero-order valence-corrected chi connectivity index (χ0v) is 11.8. The maximum atomic E-state index is 12.4. The van der Waals surface area contributed by atoms with Gasteiger partial charge in [0.1, 0.15) is 5.84 Å². The number of aromatic nitrogens is 1. The first-order valence-electron chi connectivity index (χ1n) is 6.70. The second kappa shape index (κ2) is 5.74. The molecular weight excluding hydrogens is 250 g/mol. The van der Waals surface area contributed by atoms with Crippen molar-refractivity contribution in [2.75, 3.05) is 0 Å². The molecule has 0 saturated carbocycles. The zero-order valence-electron chi connectivity index (χ0n) is 11.8. The summed E-state index contributed by atoms with van der Waals surface area (Å²) in [7, 11) is 0. The third-order valence-electron chi connectivity index (χ3n) is 3.26. The minimum Gasteiger partial charge on any atom is -0.384 e. The summed E-state index contributed by atoms with van der Waals surface area (Å²) >= 11 is 0. The number of hydrogen-bond donors (Lipinski definition) is 2. The van der Waals surface area contributed by atoms with Gasteiger partial charge in [0.2, 0.25) is 0 Å². The molecule has 2 aromatic rings. The molecule has 0 atom stereocenters. The molecule has 20 heavy (non-hydrogen) atoms. The van der Waals surface area contributed by atoms with E-state index < -0.39 is 0 Å². The van der Waals surface area contributed by atoms with Crippen LogP contribution in [0.2, 0.25) is 0 Å². The van der Waals surface area contributed by atoms with Gasteiger partial charge in [-0.2, -0.15) is 0 Å². The van der Waals surface area contributed by atoms with Gasteiger partial charge in [-0.3, -0.25) is 10.2 Å². The minimum absolute atomic E-state index is 0.185. The highest BCUT2D eigenvalue weighted by Gasteiger charge is 2.11. The lowest BCUT2D eigenvalue weighted by Crippen LogP contribution is -2.30. The van der Waals surface area contributed by atoms with E-state index in [2.05, 4.69) is 0 Å². The smallest absolute Gasteiger partial charge is 0.262 e. The second-order valence-electron chi connectivity index (χ2n) is 4.87. The summed E-state index contributed by atoms with van der Waals surface area (Å²) in [4.78, 5) is 12.4. The van der Waals surface area contributed by atoms with E-state index in [9.17, 15) is 4.79 Å². The fourth-order valence-electron chi connectivity index (χ4n) is 2.21. The first-order chi connectivity index (χ1) is 9.54. The number of hydrogen-bond acceptors (Lipinski definition) is 2. The largest absolute Gasteiger partial charge is 0.384 e. The van der Waals surface area contributed by atoms with Crippen molar-refractivity contribution in [2.45, 2.75) is 26.8 Å². The molecule has 104 valence electrons. The number of pyridine rings is 1. The van der Waals surface area contributed by atoms with Crippen LogP contribution in [0, 0.1) is 12.3 Å². The molecule has 0 fully saturated rings. The Bertz CT molecular complexity index is 684. The third-order valence-corrected chi connectivity index (χ3v) is 3.26. The van der Waals surface area contributed by atoms with Crippen LogP contribution >= 0.6 is 0 Å². The van der Waals surface area contributed by atoms with E-state index in [4.69, 9.17) is 11.1 Å². The molecule has 2 rings (SSSR count). The molecule has 1 heterocycles. The van der Waals surface area contributed by atoms with Gasteiger partial charge in [-0.25, -0.2) is 0 Å². The van der Waals surface area contributed by atoms with E-state index in [1.54, 1.807) is 10.6 Å². The molecule has 3 N–H and O–H groups in total. The molecule has 0 aliphatic heterocycles. The second-order valence-corrected chi connectivity index (χ2v) is 4.87. The van der Waals surface area contributed by atoms with Crippen molar-refractivity contribution in [1.29, 1.82) is 5.41 Å². The summed E-state index contributed by atoms with van der Waals surface area (Å²) in [5, 5.41) is 7.47. The Morgan fingerprint density at radius 1 is 1.20 bits per heavy atom. The molecule has 4 nitrogen and oxygen atoms in total. The van der Waals surface area contributed by atoms with E-state index in [1.165, 1.54) is 5.56 Å². The summed E-state index contributed by atoms with van der Waals surface area (Å²) < 4.78 is 1.70. The number of nitrogens with two attached hydrogens (primary N) is 1. The number of nitrogens with zero attached hydrogens (tertiary/aromatic N) is 1. The van der Waals surface area contributed by atoms with E-state index >= 15 is 0 Å². The van der Waals surface area contributed by atoms with E-state index in [0.29, 0.717) is 6.54 Å². The van der Waals surface area contributed by atoms with E-state index in [1.807, 2.05) is 44.2 Å². The van der Waals surface area contributed by atoms with Crippen molar-refractivity contribution >= 4 is 5.84 Å². The summed E-state index contributed by atoms with van der Waals surface area (Å²) in [6.45, 7) is 4.66. The van der Waals surface area contributed by atoms with Crippen molar-refractivity contribution in [2.24, 2.45) is 5.73 Å². The Morgan fingerprint density at radius 3 is 2.40 bits per heavy atom. The van der Waals surface area contributed by atoms with Gasteiger partial charge in [-0.15, -0.1) is 0 Å². The van der Waals surface area contributed by atoms with E-state index in [-0.39, 0.29) is 17.0 Å². The summed E-state index contributed by atoms with van der Waals surface area (Å²) in [5.41, 5.74) is 8.56. The zero-order chi connectivity index (χ0) is 14.7. The van der Waals surface area contributed by atoms with Gasteiger partial charge in [0.15, 0.2) is 0 Å². The van der Waals surface area contributed by atoms with Crippen LogP contribution in [0.5, 0.6) is 0 Å². The van der Waals surface area contributed by atoms with Gasteiger partial charge >= 0.3 is 0 Å². The lowest BCUT2D eigenvalue weighted by atomic mass is 10.1. The fourth-order valence-corrected chi connectivity index (χ4v) is 2.21. The topological polar surface area (TPSA) is 71.9 Å². The molecule has 0 amide bonds. The summed E-state index contributed by atoms with van der Waals surface area (Å²) in [6, 6.07) is 11.5. The maximum absolute atomic E-state index is 12.4. The molecule has 0 bridgehead atoms. The standard InChI is InChI=1S/C16H19N3O/c1-3-10-19-14(12-6-4-11(2)5-7-12)9-8-13(15(17)18)16(19)20/h4-9H,3,10H2,1-2H3,(H3,17,18).